The number of aromatic nitrogens is 2. The van der Waals surface area contributed by atoms with E-state index in [2.05, 4.69) is 13.8 Å². The van der Waals surface area contributed by atoms with Gasteiger partial charge in [0.1, 0.15) is 23.1 Å². The van der Waals surface area contributed by atoms with Crippen molar-refractivity contribution in [2.24, 2.45) is 5.92 Å². The largest absolute Gasteiger partial charge is 0.497 e. The Kier molecular flexibility index (Phi) is 9.29. The van der Waals surface area contributed by atoms with E-state index in [0.717, 1.165) is 38.8 Å². The zero-order valence-electron chi connectivity index (χ0n) is 26.2. The third-order valence-electron chi connectivity index (χ3n) is 7.69. The minimum atomic E-state index is -0.585. The summed E-state index contributed by atoms with van der Waals surface area (Å²) in [4.78, 5) is 28.4. The molecule has 0 aliphatic carbocycles. The van der Waals surface area contributed by atoms with Crippen LogP contribution in [0.4, 0.5) is 0 Å². The Bertz CT molecular complexity index is 1830. The monoisotopic (exact) mass is 600 g/mol. The van der Waals surface area contributed by atoms with Crippen LogP contribution >= 0.6 is 0 Å². The molecule has 1 aliphatic heterocycles. The summed E-state index contributed by atoms with van der Waals surface area (Å²) in [6, 6.07) is 25.1. The summed E-state index contributed by atoms with van der Waals surface area (Å²) in [5.74, 6) is 0.893. The molecule has 0 bridgehead atoms. The highest BCUT2D eigenvalue weighted by Crippen LogP contribution is 2.33. The number of methoxy groups -OCH3 is 1. The molecule has 0 unspecified atom stereocenters. The van der Waals surface area contributed by atoms with Crippen LogP contribution in [0.2, 0.25) is 0 Å². The Morgan fingerprint density at radius 2 is 1.71 bits per heavy atom. The van der Waals surface area contributed by atoms with E-state index >= 15 is 0 Å². The number of hydrogen-bond donors (Lipinski definition) is 0. The number of nitriles is 1. The van der Waals surface area contributed by atoms with Crippen molar-refractivity contribution in [2.75, 3.05) is 20.3 Å². The Hall–Kier alpha value is -5.42. The molecule has 8 nitrogen and oxygen atoms in total. The number of ether oxygens (including phenoxy) is 2. The zero-order chi connectivity index (χ0) is 32.1. The molecule has 0 atom stereocenters. The molecule has 0 radical (unpaired) electrons. The van der Waals surface area contributed by atoms with E-state index in [-0.39, 0.29) is 17.7 Å². The highest BCUT2D eigenvalue weighted by atomic mass is 16.5. The Labute approximate surface area is 263 Å². The van der Waals surface area contributed by atoms with Crippen LogP contribution in [-0.4, -0.2) is 46.8 Å². The van der Waals surface area contributed by atoms with Crippen molar-refractivity contribution in [1.29, 1.82) is 5.26 Å². The predicted octanol–water partition coefficient (Wildman–Crippen LogP) is 6.73. The van der Waals surface area contributed by atoms with Crippen LogP contribution in [0.5, 0.6) is 11.5 Å². The molecule has 0 N–H and O–H groups in total. The zero-order valence-corrected chi connectivity index (χ0v) is 26.2. The summed E-state index contributed by atoms with van der Waals surface area (Å²) in [6.45, 7) is 8.60. The summed E-state index contributed by atoms with van der Waals surface area (Å²) < 4.78 is 13.0. The van der Waals surface area contributed by atoms with Crippen molar-refractivity contribution in [2.45, 2.75) is 34.1 Å². The number of hydrogen-bond acceptors (Lipinski definition) is 6. The standard InChI is InChI=1S/C37H36N4O4/c1-24(2)23-45-34-16-13-28(19-25(34)3)35-29(22-41(39-35)30-9-7-6-8-10-30)20-32-26(4)33(21-38)37(43)40(36(32)42)18-17-27-11-14-31(44-5)15-12-27/h6-16,19-20,22,24H,17-18,23H2,1-5H3/b32-20+. The number of aryl methyl sites for hydroxylation is 1. The molecule has 8 heteroatoms. The van der Waals surface area contributed by atoms with Crippen molar-refractivity contribution >= 4 is 17.9 Å². The summed E-state index contributed by atoms with van der Waals surface area (Å²) >= 11 is 0. The predicted molar refractivity (Wildman–Crippen MR) is 174 cm³/mol. The number of nitrogens with zero attached hydrogens (tertiary/aromatic N) is 4. The van der Waals surface area contributed by atoms with Gasteiger partial charge in [-0.15, -0.1) is 0 Å². The molecule has 4 aromatic rings. The molecule has 0 spiro atoms. The number of imide groups is 1. The fraction of sp³-hybridized carbons (Fsp3) is 0.243. The first-order valence-electron chi connectivity index (χ1n) is 14.9. The van der Waals surface area contributed by atoms with Crippen LogP contribution in [-0.2, 0) is 16.0 Å². The summed E-state index contributed by atoms with van der Waals surface area (Å²) in [5, 5.41) is 14.9. The van der Waals surface area contributed by atoms with Crippen molar-refractivity contribution in [1.82, 2.24) is 14.7 Å². The molecule has 228 valence electrons. The molecule has 3 aromatic carbocycles. The van der Waals surface area contributed by atoms with Crippen molar-refractivity contribution < 1.29 is 19.1 Å². The Morgan fingerprint density at radius 3 is 2.36 bits per heavy atom. The van der Waals surface area contributed by atoms with Crippen molar-refractivity contribution in [3.63, 3.8) is 0 Å². The first-order chi connectivity index (χ1) is 21.7. The van der Waals surface area contributed by atoms with E-state index in [1.807, 2.05) is 92.0 Å². The normalized spacial score (nSPS) is 14.3. The van der Waals surface area contributed by atoms with Crippen LogP contribution in [0.3, 0.4) is 0 Å². The SMILES string of the molecule is COc1ccc(CCN2C(=O)C(C#N)=C(C)/C(=C\c3cn(-c4ccccc4)nc3-c3ccc(OCC(C)C)c(C)c3)C2=O)cc1. The maximum atomic E-state index is 13.9. The molecule has 0 saturated heterocycles. The minimum Gasteiger partial charge on any atom is -0.497 e. The second kappa shape index (κ2) is 13.5. The Morgan fingerprint density at radius 1 is 0.978 bits per heavy atom. The van der Waals surface area contributed by atoms with Crippen LogP contribution in [0.1, 0.15) is 37.5 Å². The van der Waals surface area contributed by atoms with Gasteiger partial charge in [-0.05, 0) is 91.4 Å². The molecule has 5 rings (SSSR count). The van der Waals surface area contributed by atoms with Crippen LogP contribution in [0.25, 0.3) is 23.0 Å². The minimum absolute atomic E-state index is 0.0462. The summed E-state index contributed by atoms with van der Waals surface area (Å²) in [5.41, 5.74) is 5.53. The number of carbonyl (C=O) groups excluding carboxylic acids is 2. The molecular weight excluding hydrogens is 564 g/mol. The van der Waals surface area contributed by atoms with E-state index in [1.54, 1.807) is 24.8 Å². The van der Waals surface area contributed by atoms with Gasteiger partial charge < -0.3 is 9.47 Å². The van der Waals surface area contributed by atoms with E-state index in [9.17, 15) is 14.9 Å². The lowest BCUT2D eigenvalue weighted by Crippen LogP contribution is -2.43. The van der Waals surface area contributed by atoms with Gasteiger partial charge in [0.15, 0.2) is 0 Å². The van der Waals surface area contributed by atoms with Gasteiger partial charge >= 0.3 is 0 Å². The van der Waals surface area contributed by atoms with Gasteiger partial charge in [0, 0.05) is 29.4 Å². The van der Waals surface area contributed by atoms with E-state index in [0.29, 0.717) is 35.8 Å². The molecule has 0 fully saturated rings. The third-order valence-corrected chi connectivity index (χ3v) is 7.69. The Balaban J connectivity index is 1.56. The van der Waals surface area contributed by atoms with Crippen molar-refractivity contribution in [3.8, 4) is 34.5 Å². The fourth-order valence-corrected chi connectivity index (χ4v) is 5.17. The summed E-state index contributed by atoms with van der Waals surface area (Å²) in [7, 11) is 1.60. The van der Waals surface area contributed by atoms with Gasteiger partial charge in [-0.1, -0.05) is 44.2 Å². The number of amides is 2. The van der Waals surface area contributed by atoms with Gasteiger partial charge in [-0.2, -0.15) is 10.4 Å². The number of para-hydroxylation sites is 1. The fourth-order valence-electron chi connectivity index (χ4n) is 5.17. The van der Waals surface area contributed by atoms with Gasteiger partial charge in [-0.25, -0.2) is 4.68 Å². The maximum absolute atomic E-state index is 13.9. The number of carbonyl (C=O) groups is 2. The first-order valence-corrected chi connectivity index (χ1v) is 14.9. The average molecular weight is 601 g/mol. The van der Waals surface area contributed by atoms with Crippen LogP contribution < -0.4 is 9.47 Å². The van der Waals surface area contributed by atoms with Crippen LogP contribution in [0, 0.1) is 24.2 Å². The van der Waals surface area contributed by atoms with Gasteiger partial charge in [0.25, 0.3) is 11.8 Å². The first kappa shape index (κ1) is 31.0. The average Bonchev–Trinajstić information content (AvgIpc) is 3.47. The second-order valence-corrected chi connectivity index (χ2v) is 11.4. The number of benzene rings is 3. The molecule has 2 heterocycles. The molecule has 1 aliphatic rings. The molecule has 45 heavy (non-hydrogen) atoms. The molecule has 0 saturated carbocycles. The molecule has 1 aromatic heterocycles. The molecule has 2 amide bonds. The molecular formula is C37H36N4O4. The smallest absolute Gasteiger partial charge is 0.271 e. The lowest BCUT2D eigenvalue weighted by molar-refractivity contribution is -0.140. The lowest BCUT2D eigenvalue weighted by Gasteiger charge is -2.27. The lowest BCUT2D eigenvalue weighted by atomic mass is 9.93. The van der Waals surface area contributed by atoms with Gasteiger partial charge in [0.05, 0.1) is 25.1 Å². The topological polar surface area (TPSA) is 97.5 Å². The number of rotatable bonds is 10. The third kappa shape index (κ3) is 6.73. The highest BCUT2D eigenvalue weighted by molar-refractivity contribution is 6.19. The van der Waals surface area contributed by atoms with Gasteiger partial charge in [-0.3, -0.25) is 14.5 Å². The van der Waals surface area contributed by atoms with Gasteiger partial charge in [0.2, 0.25) is 0 Å². The summed E-state index contributed by atoms with van der Waals surface area (Å²) in [6.07, 6.45) is 4.04. The second-order valence-electron chi connectivity index (χ2n) is 11.4. The van der Waals surface area contributed by atoms with Crippen molar-refractivity contribution in [3.05, 3.63) is 112 Å². The van der Waals surface area contributed by atoms with E-state index in [1.165, 1.54) is 0 Å². The van der Waals surface area contributed by atoms with Crippen LogP contribution in [0.15, 0.2) is 95.7 Å². The van der Waals surface area contributed by atoms with E-state index in [4.69, 9.17) is 14.6 Å². The highest BCUT2D eigenvalue weighted by Gasteiger charge is 2.35. The van der Waals surface area contributed by atoms with E-state index < -0.39 is 11.8 Å². The maximum Gasteiger partial charge on any atom is 0.271 e. The quantitative estimate of drug-likeness (QED) is 0.148.